The van der Waals surface area contributed by atoms with Gasteiger partial charge < -0.3 is 5.11 Å². The molecule has 0 bridgehead atoms. The van der Waals surface area contributed by atoms with Gasteiger partial charge in [-0.15, -0.1) is 0 Å². The molecular weight excluding hydrogens is 377 g/mol. The first kappa shape index (κ1) is 22.1. The first-order valence-corrected chi connectivity index (χ1v) is 9.24. The summed E-state index contributed by atoms with van der Waals surface area (Å²) >= 11 is 0. The van der Waals surface area contributed by atoms with Crippen LogP contribution in [-0.4, -0.2) is 63.7 Å². The van der Waals surface area contributed by atoms with Crippen molar-refractivity contribution < 1.29 is 27.9 Å². The highest BCUT2D eigenvalue weighted by molar-refractivity contribution is 6.03. The number of carbonyl (C=O) groups excluding carboxylic acids is 1. The number of aromatic nitrogens is 2. The molecule has 1 spiro atoms. The molecule has 0 radical (unpaired) electrons. The number of carboxylic acid groups (broad SMARTS) is 1. The van der Waals surface area contributed by atoms with Crippen molar-refractivity contribution in [2.45, 2.75) is 51.7 Å². The molecular formula is C18H25F3N4O3. The summed E-state index contributed by atoms with van der Waals surface area (Å²) in [6.45, 7) is 7.29. The van der Waals surface area contributed by atoms with Gasteiger partial charge in [0.25, 0.3) is 0 Å². The third kappa shape index (κ3) is 4.98. The second-order valence-corrected chi connectivity index (χ2v) is 7.24. The molecule has 7 nitrogen and oxygen atoms in total. The van der Waals surface area contributed by atoms with Gasteiger partial charge in [-0.3, -0.25) is 14.6 Å². The van der Waals surface area contributed by atoms with E-state index < -0.39 is 12.1 Å². The van der Waals surface area contributed by atoms with Crippen molar-refractivity contribution in [2.24, 2.45) is 5.41 Å². The summed E-state index contributed by atoms with van der Waals surface area (Å²) in [5, 5.41) is 7.12. The molecule has 1 aromatic heterocycles. The van der Waals surface area contributed by atoms with Gasteiger partial charge >= 0.3 is 12.1 Å². The van der Waals surface area contributed by atoms with Crippen LogP contribution in [0.5, 0.6) is 0 Å². The lowest BCUT2D eigenvalue weighted by molar-refractivity contribution is -0.192. The molecule has 10 heteroatoms. The van der Waals surface area contributed by atoms with Crippen LogP contribution in [0.1, 0.15) is 39.5 Å². The van der Waals surface area contributed by atoms with Crippen LogP contribution in [-0.2, 0) is 9.59 Å². The van der Waals surface area contributed by atoms with E-state index in [9.17, 15) is 18.0 Å². The minimum absolute atomic E-state index is 0.181. The van der Waals surface area contributed by atoms with E-state index in [1.165, 1.54) is 12.8 Å². The molecule has 2 fully saturated rings. The maximum absolute atomic E-state index is 12.7. The Balaban J connectivity index is 0.000000345. The van der Waals surface area contributed by atoms with Crippen LogP contribution in [0, 0.1) is 5.41 Å². The molecule has 1 N–H and O–H groups in total. The van der Waals surface area contributed by atoms with Gasteiger partial charge in [0.1, 0.15) is 0 Å². The number of hydrogen-bond donors (Lipinski definition) is 1. The Morgan fingerprint density at radius 1 is 1.32 bits per heavy atom. The zero-order chi connectivity index (χ0) is 20.9. The predicted octanol–water partition coefficient (Wildman–Crippen LogP) is 2.73. The molecule has 0 aliphatic carbocycles. The molecule has 1 amide bonds. The number of carbonyl (C=O) groups is 2. The van der Waals surface area contributed by atoms with Crippen LogP contribution in [0.15, 0.2) is 18.5 Å². The van der Waals surface area contributed by atoms with Gasteiger partial charge in [0.05, 0.1) is 5.41 Å². The van der Waals surface area contributed by atoms with Crippen molar-refractivity contribution in [3.05, 3.63) is 18.5 Å². The molecule has 0 aromatic carbocycles. The number of hydrogen-bond acceptors (Lipinski definition) is 5. The molecule has 3 heterocycles. The van der Waals surface area contributed by atoms with Gasteiger partial charge in [0.15, 0.2) is 0 Å². The Bertz CT molecular complexity index is 686. The topological polar surface area (TPSA) is 86.6 Å². The van der Waals surface area contributed by atoms with Crippen molar-refractivity contribution in [1.29, 1.82) is 0 Å². The monoisotopic (exact) mass is 402 g/mol. The lowest BCUT2D eigenvalue weighted by atomic mass is 9.72. The molecule has 1 aromatic rings. The van der Waals surface area contributed by atoms with Gasteiger partial charge in [0.2, 0.25) is 11.9 Å². The van der Waals surface area contributed by atoms with E-state index in [0.717, 1.165) is 32.5 Å². The maximum Gasteiger partial charge on any atom is 0.490 e. The van der Waals surface area contributed by atoms with E-state index in [4.69, 9.17) is 9.90 Å². The quantitative estimate of drug-likeness (QED) is 0.780. The zero-order valence-electron chi connectivity index (χ0n) is 15.9. The molecule has 2 atom stereocenters. The van der Waals surface area contributed by atoms with E-state index in [0.29, 0.717) is 12.0 Å². The van der Waals surface area contributed by atoms with Crippen LogP contribution in [0.2, 0.25) is 0 Å². The van der Waals surface area contributed by atoms with E-state index >= 15 is 0 Å². The van der Waals surface area contributed by atoms with Crippen molar-refractivity contribution in [2.75, 3.05) is 24.5 Å². The van der Waals surface area contributed by atoms with Gasteiger partial charge in [-0.25, -0.2) is 14.8 Å². The summed E-state index contributed by atoms with van der Waals surface area (Å²) in [5.41, 5.74) is -0.181. The van der Waals surface area contributed by atoms with Crippen LogP contribution in [0.4, 0.5) is 19.1 Å². The van der Waals surface area contributed by atoms with E-state index in [-0.39, 0.29) is 11.3 Å². The fraction of sp³-hybridized carbons (Fsp3) is 0.667. The van der Waals surface area contributed by atoms with Crippen molar-refractivity contribution in [3.8, 4) is 0 Å². The highest BCUT2D eigenvalue weighted by atomic mass is 19.4. The Kier molecular flexibility index (Phi) is 6.97. The van der Waals surface area contributed by atoms with Gasteiger partial charge in [0, 0.05) is 31.5 Å². The third-order valence-corrected chi connectivity index (χ3v) is 5.13. The Morgan fingerprint density at radius 2 is 1.93 bits per heavy atom. The van der Waals surface area contributed by atoms with Crippen LogP contribution in [0.3, 0.4) is 0 Å². The van der Waals surface area contributed by atoms with E-state index in [1.807, 2.05) is 0 Å². The number of rotatable bonds is 4. The number of anilines is 1. The number of halogens is 3. The molecule has 2 unspecified atom stereocenters. The first-order chi connectivity index (χ1) is 13.1. The Labute approximate surface area is 161 Å². The SMILES string of the molecule is CCCC(C)N1CCCC2(CN(c3ncccn3)C2=O)C1.O=C(O)C(F)(F)F. The predicted molar refractivity (Wildman–Crippen MR) is 95.7 cm³/mol. The second kappa shape index (κ2) is 8.85. The summed E-state index contributed by atoms with van der Waals surface area (Å²) in [7, 11) is 0. The smallest absolute Gasteiger partial charge is 0.475 e. The molecule has 0 saturated carbocycles. The van der Waals surface area contributed by atoms with Gasteiger partial charge in [-0.05, 0) is 38.8 Å². The molecule has 156 valence electrons. The number of carboxylic acids is 1. The third-order valence-electron chi connectivity index (χ3n) is 5.13. The van der Waals surface area contributed by atoms with Crippen LogP contribution < -0.4 is 4.90 Å². The van der Waals surface area contributed by atoms with E-state index in [1.54, 1.807) is 23.4 Å². The Hall–Kier alpha value is -2.23. The lowest BCUT2D eigenvalue weighted by Gasteiger charge is -2.53. The van der Waals surface area contributed by atoms with E-state index in [2.05, 4.69) is 28.7 Å². The number of piperidine rings is 1. The fourth-order valence-electron chi connectivity index (χ4n) is 3.68. The zero-order valence-corrected chi connectivity index (χ0v) is 15.9. The standard InChI is InChI=1S/C16H24N4O.C2HF3O2/c1-3-6-13(2)19-10-4-7-16(11-19)12-20(14(16)21)15-17-8-5-9-18-15;3-2(4,5)1(6)7/h5,8-9,13H,3-4,6-7,10-12H2,1-2H3;(H,6,7). The maximum atomic E-state index is 12.7. The average molecular weight is 402 g/mol. The lowest BCUT2D eigenvalue weighted by Crippen LogP contribution is -2.68. The fourth-order valence-corrected chi connectivity index (χ4v) is 3.68. The molecule has 2 saturated heterocycles. The van der Waals surface area contributed by atoms with Crippen molar-refractivity contribution >= 4 is 17.8 Å². The summed E-state index contributed by atoms with van der Waals surface area (Å²) < 4.78 is 31.7. The number of alkyl halides is 3. The molecule has 2 aliphatic heterocycles. The van der Waals surface area contributed by atoms with Crippen molar-refractivity contribution in [1.82, 2.24) is 14.9 Å². The second-order valence-electron chi connectivity index (χ2n) is 7.24. The van der Waals surface area contributed by atoms with Crippen LogP contribution >= 0.6 is 0 Å². The first-order valence-electron chi connectivity index (χ1n) is 9.24. The highest BCUT2D eigenvalue weighted by Crippen LogP contribution is 2.42. The largest absolute Gasteiger partial charge is 0.490 e. The summed E-state index contributed by atoms with van der Waals surface area (Å²) in [4.78, 5) is 34.2. The van der Waals surface area contributed by atoms with Crippen molar-refractivity contribution in [3.63, 3.8) is 0 Å². The highest BCUT2D eigenvalue weighted by Gasteiger charge is 2.55. The minimum Gasteiger partial charge on any atom is -0.475 e. The molecule has 2 aliphatic rings. The average Bonchev–Trinajstić information content (AvgIpc) is 2.67. The normalized spacial score (nSPS) is 23.6. The van der Waals surface area contributed by atoms with Gasteiger partial charge in [-0.2, -0.15) is 13.2 Å². The minimum atomic E-state index is -5.08. The van der Waals surface area contributed by atoms with Gasteiger partial charge in [-0.1, -0.05) is 13.3 Å². The summed E-state index contributed by atoms with van der Waals surface area (Å²) in [6, 6.07) is 2.35. The summed E-state index contributed by atoms with van der Waals surface area (Å²) in [6.07, 6.45) is 2.82. The number of amides is 1. The summed E-state index contributed by atoms with van der Waals surface area (Å²) in [5.74, 6) is -2.00. The molecule has 3 rings (SSSR count). The number of aliphatic carboxylic acids is 1. The number of likely N-dealkylation sites (tertiary alicyclic amines) is 1. The molecule has 28 heavy (non-hydrogen) atoms. The Morgan fingerprint density at radius 3 is 2.43 bits per heavy atom. The number of nitrogens with zero attached hydrogens (tertiary/aromatic N) is 4. The van der Waals surface area contributed by atoms with Crippen LogP contribution in [0.25, 0.3) is 0 Å². The number of β-lactam (4-membered cyclic amide) rings is 1.